The van der Waals surface area contributed by atoms with E-state index in [0.29, 0.717) is 17.3 Å². The summed E-state index contributed by atoms with van der Waals surface area (Å²) in [6.07, 6.45) is 17.8. The van der Waals surface area contributed by atoms with Crippen LogP contribution in [0, 0.1) is 46.3 Å². The van der Waals surface area contributed by atoms with Gasteiger partial charge in [-0.25, -0.2) is 0 Å². The van der Waals surface area contributed by atoms with Crippen LogP contribution < -0.4 is 0 Å². The van der Waals surface area contributed by atoms with Crippen LogP contribution in [0.15, 0.2) is 11.6 Å². The van der Waals surface area contributed by atoms with Gasteiger partial charge in [0.25, 0.3) is 0 Å². The fourth-order valence-corrected chi connectivity index (χ4v) is 9.02. The van der Waals surface area contributed by atoms with E-state index < -0.39 is 0 Å². The average molecular weight is 443 g/mol. The Labute approximate surface area is 198 Å². The van der Waals surface area contributed by atoms with Crippen LogP contribution in [0.4, 0.5) is 0 Å². The minimum Gasteiger partial charge on any atom is -0.462 e. The van der Waals surface area contributed by atoms with E-state index in [4.69, 9.17) is 4.74 Å². The number of ether oxygens (including phenoxy) is 1. The predicted molar refractivity (Wildman–Crippen MR) is 133 cm³/mol. The summed E-state index contributed by atoms with van der Waals surface area (Å²) in [5.74, 6) is 5.28. The van der Waals surface area contributed by atoms with Crippen molar-refractivity contribution in [2.75, 3.05) is 0 Å². The molecule has 4 rings (SSSR count). The van der Waals surface area contributed by atoms with Crippen LogP contribution in [-0.4, -0.2) is 12.1 Å². The zero-order chi connectivity index (χ0) is 23.1. The second-order valence-corrected chi connectivity index (χ2v) is 13.0. The Hall–Kier alpha value is -0.790. The fraction of sp³-hybridized carbons (Fsp3) is 0.900. The third kappa shape index (κ3) is 4.34. The smallest absolute Gasteiger partial charge is 0.305 e. The highest BCUT2D eigenvalue weighted by atomic mass is 16.5. The lowest BCUT2D eigenvalue weighted by atomic mass is 9.47. The maximum atomic E-state index is 11.9. The summed E-state index contributed by atoms with van der Waals surface area (Å²) < 4.78 is 5.76. The summed E-state index contributed by atoms with van der Waals surface area (Å²) >= 11 is 0. The quantitative estimate of drug-likeness (QED) is 0.292. The van der Waals surface area contributed by atoms with E-state index in [9.17, 15) is 4.79 Å². The maximum Gasteiger partial charge on any atom is 0.305 e. The number of carbonyl (C=O) groups is 1. The molecule has 0 saturated heterocycles. The van der Waals surface area contributed by atoms with Crippen LogP contribution in [-0.2, 0) is 9.53 Å². The lowest BCUT2D eigenvalue weighted by Crippen LogP contribution is -2.51. The van der Waals surface area contributed by atoms with E-state index in [1.54, 1.807) is 5.57 Å². The molecule has 3 saturated carbocycles. The Bertz CT molecular complexity index is 708. The third-order valence-corrected chi connectivity index (χ3v) is 10.8. The standard InChI is InChI=1S/C30H50O2/c1-7-28(31)32-23-15-17-29(5)22(19-23)11-12-24-26-14-13-25(21(4)10-8-9-20(2)3)30(26,6)18-16-27(24)29/h11,20-21,23-27H,7-10,12-19H2,1-6H3/t21-,23+,24+,25?,26?,27?,29+,30-/m1/s1. The average Bonchev–Trinajstić information content (AvgIpc) is 3.11. The maximum absolute atomic E-state index is 11.9. The molecule has 2 nitrogen and oxygen atoms in total. The molecular weight excluding hydrogens is 392 g/mol. The summed E-state index contributed by atoms with van der Waals surface area (Å²) in [6.45, 7) is 14.5. The largest absolute Gasteiger partial charge is 0.462 e. The number of allylic oxidation sites excluding steroid dienone is 1. The zero-order valence-corrected chi connectivity index (χ0v) is 21.9. The van der Waals surface area contributed by atoms with Crippen molar-refractivity contribution in [1.82, 2.24) is 0 Å². The van der Waals surface area contributed by atoms with Crippen molar-refractivity contribution in [1.29, 1.82) is 0 Å². The first-order valence-corrected chi connectivity index (χ1v) is 14.1. The molecule has 3 unspecified atom stereocenters. The van der Waals surface area contributed by atoms with Crippen LogP contribution in [0.2, 0.25) is 0 Å². The first-order valence-electron chi connectivity index (χ1n) is 14.1. The highest BCUT2D eigenvalue weighted by molar-refractivity contribution is 5.69. The van der Waals surface area contributed by atoms with Gasteiger partial charge in [0.15, 0.2) is 0 Å². The van der Waals surface area contributed by atoms with Gasteiger partial charge in [0.05, 0.1) is 0 Å². The van der Waals surface area contributed by atoms with Crippen molar-refractivity contribution < 1.29 is 9.53 Å². The first kappa shape index (κ1) is 24.3. The van der Waals surface area contributed by atoms with Gasteiger partial charge < -0.3 is 4.74 Å². The number of rotatable bonds is 7. The van der Waals surface area contributed by atoms with Crippen molar-refractivity contribution >= 4 is 5.97 Å². The van der Waals surface area contributed by atoms with E-state index in [1.165, 1.54) is 57.8 Å². The van der Waals surface area contributed by atoms with Crippen molar-refractivity contribution in [3.63, 3.8) is 0 Å². The molecule has 0 spiro atoms. The molecular formula is C30H50O2. The molecule has 0 aliphatic heterocycles. The van der Waals surface area contributed by atoms with Gasteiger partial charge in [0.2, 0.25) is 0 Å². The van der Waals surface area contributed by atoms with Gasteiger partial charge >= 0.3 is 5.97 Å². The van der Waals surface area contributed by atoms with Crippen molar-refractivity contribution in [2.24, 2.45) is 46.3 Å². The second-order valence-electron chi connectivity index (χ2n) is 13.0. The fourth-order valence-electron chi connectivity index (χ4n) is 9.02. The minimum absolute atomic E-state index is 0.0270. The Morgan fingerprint density at radius 3 is 2.56 bits per heavy atom. The molecule has 3 fully saturated rings. The topological polar surface area (TPSA) is 26.3 Å². The van der Waals surface area contributed by atoms with Gasteiger partial charge in [0.1, 0.15) is 6.10 Å². The summed E-state index contributed by atoms with van der Waals surface area (Å²) in [5.41, 5.74) is 2.54. The molecule has 0 aromatic rings. The molecule has 0 aromatic heterocycles. The normalized spacial score (nSPS) is 42.0. The van der Waals surface area contributed by atoms with Crippen molar-refractivity contribution in [3.05, 3.63) is 11.6 Å². The number of hydrogen-bond acceptors (Lipinski definition) is 2. The van der Waals surface area contributed by atoms with Gasteiger partial charge in [0, 0.05) is 12.8 Å². The minimum atomic E-state index is -0.0270. The molecule has 8 atom stereocenters. The van der Waals surface area contributed by atoms with Gasteiger partial charge in [-0.3, -0.25) is 4.79 Å². The van der Waals surface area contributed by atoms with Gasteiger partial charge in [-0.05, 0) is 91.3 Å². The second kappa shape index (κ2) is 9.46. The van der Waals surface area contributed by atoms with E-state index in [1.807, 2.05) is 6.92 Å². The highest BCUT2D eigenvalue weighted by Gasteiger charge is 2.59. The van der Waals surface area contributed by atoms with Crippen LogP contribution >= 0.6 is 0 Å². The van der Waals surface area contributed by atoms with Crippen molar-refractivity contribution in [3.8, 4) is 0 Å². The molecule has 2 heteroatoms. The summed E-state index contributed by atoms with van der Waals surface area (Å²) in [6, 6.07) is 0. The Morgan fingerprint density at radius 1 is 1.06 bits per heavy atom. The number of esters is 1. The molecule has 0 N–H and O–H groups in total. The van der Waals surface area contributed by atoms with Crippen LogP contribution in [0.3, 0.4) is 0 Å². The number of fused-ring (bicyclic) bond motifs is 5. The Kier molecular flexibility index (Phi) is 7.19. The summed E-state index contributed by atoms with van der Waals surface area (Å²) in [5, 5.41) is 0. The lowest BCUT2D eigenvalue weighted by molar-refractivity contribution is -0.151. The number of hydrogen-bond donors (Lipinski definition) is 0. The molecule has 4 aliphatic carbocycles. The van der Waals surface area contributed by atoms with Gasteiger partial charge in [-0.15, -0.1) is 0 Å². The molecule has 0 heterocycles. The molecule has 0 radical (unpaired) electrons. The summed E-state index contributed by atoms with van der Waals surface area (Å²) in [7, 11) is 0. The summed E-state index contributed by atoms with van der Waals surface area (Å²) in [4.78, 5) is 11.9. The van der Waals surface area contributed by atoms with Crippen LogP contribution in [0.5, 0.6) is 0 Å². The van der Waals surface area contributed by atoms with Crippen molar-refractivity contribution in [2.45, 2.75) is 125 Å². The SMILES string of the molecule is CCC(=O)O[C@H]1CC[C@@]2(C)C(=CC[C@H]3C4CCC([C@H](C)CCCC(C)C)[C@@]4(C)CCC32)C1. The highest BCUT2D eigenvalue weighted by Crippen LogP contribution is 2.67. The van der Waals surface area contributed by atoms with E-state index in [0.717, 1.165) is 48.3 Å². The van der Waals surface area contributed by atoms with Gasteiger partial charge in [-0.1, -0.05) is 72.5 Å². The van der Waals surface area contributed by atoms with E-state index >= 15 is 0 Å². The molecule has 0 amide bonds. The molecule has 32 heavy (non-hydrogen) atoms. The van der Waals surface area contributed by atoms with Crippen LogP contribution in [0.1, 0.15) is 119 Å². The zero-order valence-electron chi connectivity index (χ0n) is 21.9. The monoisotopic (exact) mass is 442 g/mol. The predicted octanol–water partition coefficient (Wildman–Crippen LogP) is 8.35. The first-order chi connectivity index (χ1) is 15.2. The third-order valence-electron chi connectivity index (χ3n) is 10.8. The lowest BCUT2D eigenvalue weighted by Gasteiger charge is -2.58. The Balaban J connectivity index is 1.45. The molecule has 0 bridgehead atoms. The van der Waals surface area contributed by atoms with E-state index in [2.05, 4.69) is 40.7 Å². The molecule has 4 aliphatic rings. The molecule has 182 valence electrons. The Morgan fingerprint density at radius 2 is 1.84 bits per heavy atom. The number of carbonyl (C=O) groups excluding carboxylic acids is 1. The van der Waals surface area contributed by atoms with E-state index in [-0.39, 0.29) is 12.1 Å². The van der Waals surface area contributed by atoms with Gasteiger partial charge in [-0.2, -0.15) is 0 Å². The molecule has 0 aromatic carbocycles. The van der Waals surface area contributed by atoms with Crippen LogP contribution in [0.25, 0.3) is 0 Å².